The fourth-order valence-electron chi connectivity index (χ4n) is 3.68. The van der Waals surface area contributed by atoms with Crippen molar-refractivity contribution in [3.05, 3.63) is 96.0 Å². The normalized spacial score (nSPS) is 11.8. The van der Waals surface area contributed by atoms with Crippen molar-refractivity contribution < 1.29 is 23.5 Å². The molecule has 2 heterocycles. The van der Waals surface area contributed by atoms with Crippen LogP contribution in [0.15, 0.2) is 77.9 Å². The minimum Gasteiger partial charge on any atom is -0.467 e. The van der Waals surface area contributed by atoms with Gasteiger partial charge in [-0.2, -0.15) is 0 Å². The van der Waals surface area contributed by atoms with E-state index in [1.165, 1.54) is 4.90 Å². The lowest BCUT2D eigenvalue weighted by Gasteiger charge is -2.27. The average Bonchev–Trinajstić information content (AvgIpc) is 3.49. The van der Waals surface area contributed by atoms with Gasteiger partial charge >= 0.3 is 0 Å². The molecule has 1 aliphatic heterocycles. The molecule has 0 atom stereocenters. The lowest BCUT2D eigenvalue weighted by atomic mass is 10.1. The van der Waals surface area contributed by atoms with Crippen LogP contribution in [0.2, 0.25) is 0 Å². The van der Waals surface area contributed by atoms with E-state index in [9.17, 15) is 9.59 Å². The van der Waals surface area contributed by atoms with Crippen LogP contribution in [-0.4, -0.2) is 41.5 Å². The summed E-state index contributed by atoms with van der Waals surface area (Å²) in [5.41, 5.74) is 2.41. The van der Waals surface area contributed by atoms with Gasteiger partial charge in [-0.05, 0) is 48.9 Å². The molecule has 0 aliphatic carbocycles. The number of benzene rings is 2. The molecule has 0 saturated carbocycles. The molecule has 1 aliphatic rings. The number of ether oxygens (including phenoxy) is 2. The van der Waals surface area contributed by atoms with Gasteiger partial charge in [-0.1, -0.05) is 29.8 Å². The van der Waals surface area contributed by atoms with Crippen LogP contribution in [0.5, 0.6) is 11.5 Å². The molecule has 7 nitrogen and oxygen atoms in total. The standard InChI is InChI=1S/C26H26N2O5/c1-3-11-27(26(30)21-7-4-6-19(2)13-21)17-25(29)28(16-22-8-5-12-31-22)15-20-9-10-23-24(14-20)33-18-32-23/h3-10,12-14H,1,11,15-18H2,2H3. The van der Waals surface area contributed by atoms with E-state index in [1.807, 2.05) is 49.4 Å². The highest BCUT2D eigenvalue weighted by Gasteiger charge is 2.23. The molecule has 1 aromatic heterocycles. The van der Waals surface area contributed by atoms with Gasteiger partial charge in [-0.25, -0.2) is 0 Å². The second kappa shape index (κ2) is 10.1. The highest BCUT2D eigenvalue weighted by atomic mass is 16.7. The predicted octanol–water partition coefficient (Wildman–Crippen LogP) is 4.17. The van der Waals surface area contributed by atoms with Crippen molar-refractivity contribution in [2.45, 2.75) is 20.0 Å². The third kappa shape index (κ3) is 5.44. The zero-order chi connectivity index (χ0) is 23.2. The molecule has 0 N–H and O–H groups in total. The van der Waals surface area contributed by atoms with E-state index < -0.39 is 0 Å². The Labute approximate surface area is 192 Å². The maximum atomic E-state index is 13.4. The number of fused-ring (bicyclic) bond motifs is 1. The third-order valence-electron chi connectivity index (χ3n) is 5.32. The number of carbonyl (C=O) groups excluding carboxylic acids is 2. The average molecular weight is 447 g/mol. The van der Waals surface area contributed by atoms with Crippen LogP contribution in [0.4, 0.5) is 0 Å². The number of hydrogen-bond donors (Lipinski definition) is 0. The van der Waals surface area contributed by atoms with Crippen molar-refractivity contribution in [1.82, 2.24) is 9.80 Å². The molecule has 0 spiro atoms. The molecule has 3 aromatic rings. The third-order valence-corrected chi connectivity index (χ3v) is 5.32. The first-order valence-electron chi connectivity index (χ1n) is 10.7. The van der Waals surface area contributed by atoms with Crippen LogP contribution in [0.1, 0.15) is 27.2 Å². The summed E-state index contributed by atoms with van der Waals surface area (Å²) in [4.78, 5) is 29.7. The minimum absolute atomic E-state index is 0.0793. The minimum atomic E-state index is -0.215. The summed E-state index contributed by atoms with van der Waals surface area (Å²) >= 11 is 0. The van der Waals surface area contributed by atoms with Gasteiger partial charge in [0.2, 0.25) is 12.7 Å². The second-order valence-electron chi connectivity index (χ2n) is 7.86. The first-order chi connectivity index (χ1) is 16.0. The Morgan fingerprint density at radius 1 is 1.00 bits per heavy atom. The Bertz CT molecular complexity index is 1140. The summed E-state index contributed by atoms with van der Waals surface area (Å²) in [6.07, 6.45) is 3.19. The van der Waals surface area contributed by atoms with Crippen LogP contribution >= 0.6 is 0 Å². The molecule has 0 bridgehead atoms. The number of hydrogen-bond acceptors (Lipinski definition) is 5. The molecule has 0 unspecified atom stereocenters. The molecular formula is C26H26N2O5. The fourth-order valence-corrected chi connectivity index (χ4v) is 3.68. The summed E-state index contributed by atoms with van der Waals surface area (Å²) in [5.74, 6) is 1.58. The Balaban J connectivity index is 1.53. The van der Waals surface area contributed by atoms with Crippen LogP contribution < -0.4 is 9.47 Å². The van der Waals surface area contributed by atoms with Gasteiger partial charge in [0, 0.05) is 18.7 Å². The molecule has 33 heavy (non-hydrogen) atoms. The van der Waals surface area contributed by atoms with Gasteiger partial charge in [-0.15, -0.1) is 6.58 Å². The Morgan fingerprint density at radius 3 is 2.61 bits per heavy atom. The zero-order valence-corrected chi connectivity index (χ0v) is 18.5. The van der Waals surface area contributed by atoms with Gasteiger partial charge in [-0.3, -0.25) is 9.59 Å². The molecule has 0 saturated heterocycles. The van der Waals surface area contributed by atoms with Crippen molar-refractivity contribution >= 4 is 11.8 Å². The van der Waals surface area contributed by atoms with Gasteiger partial charge in [0.15, 0.2) is 11.5 Å². The molecule has 170 valence electrons. The van der Waals surface area contributed by atoms with E-state index in [1.54, 1.807) is 29.4 Å². The van der Waals surface area contributed by atoms with Crippen molar-refractivity contribution in [3.8, 4) is 11.5 Å². The highest BCUT2D eigenvalue weighted by Crippen LogP contribution is 2.33. The largest absolute Gasteiger partial charge is 0.467 e. The van der Waals surface area contributed by atoms with Crippen molar-refractivity contribution in [2.24, 2.45) is 0 Å². The van der Waals surface area contributed by atoms with Crippen molar-refractivity contribution in [2.75, 3.05) is 19.9 Å². The van der Waals surface area contributed by atoms with Crippen molar-refractivity contribution in [1.29, 1.82) is 0 Å². The van der Waals surface area contributed by atoms with Crippen LogP contribution in [0.3, 0.4) is 0 Å². The van der Waals surface area contributed by atoms with Crippen LogP contribution in [-0.2, 0) is 17.9 Å². The molecule has 2 amide bonds. The quantitative estimate of drug-likeness (QED) is 0.461. The number of nitrogens with zero attached hydrogens (tertiary/aromatic N) is 2. The number of furan rings is 1. The number of rotatable bonds is 9. The van der Waals surface area contributed by atoms with Gasteiger partial charge in [0.1, 0.15) is 12.3 Å². The van der Waals surface area contributed by atoms with E-state index in [4.69, 9.17) is 13.9 Å². The van der Waals surface area contributed by atoms with Gasteiger partial charge in [0.05, 0.1) is 12.8 Å². The lowest BCUT2D eigenvalue weighted by molar-refractivity contribution is -0.133. The van der Waals surface area contributed by atoms with E-state index in [0.29, 0.717) is 29.4 Å². The highest BCUT2D eigenvalue weighted by molar-refractivity contribution is 5.96. The lowest BCUT2D eigenvalue weighted by Crippen LogP contribution is -2.42. The molecule has 7 heteroatoms. The monoisotopic (exact) mass is 446 g/mol. The first kappa shape index (κ1) is 22.2. The van der Waals surface area contributed by atoms with Crippen LogP contribution in [0, 0.1) is 6.92 Å². The van der Waals surface area contributed by atoms with E-state index in [0.717, 1.165) is 11.1 Å². The molecule has 2 aromatic carbocycles. The predicted molar refractivity (Wildman–Crippen MR) is 123 cm³/mol. The van der Waals surface area contributed by atoms with Gasteiger partial charge < -0.3 is 23.7 Å². The summed E-state index contributed by atoms with van der Waals surface area (Å²) in [7, 11) is 0. The summed E-state index contributed by atoms with van der Waals surface area (Å²) < 4.78 is 16.3. The Hall–Kier alpha value is -4.00. The summed E-state index contributed by atoms with van der Waals surface area (Å²) in [6, 6.07) is 16.5. The Kier molecular flexibility index (Phi) is 6.78. The summed E-state index contributed by atoms with van der Waals surface area (Å²) in [6.45, 7) is 6.65. The number of amides is 2. The summed E-state index contributed by atoms with van der Waals surface area (Å²) in [5, 5.41) is 0. The van der Waals surface area contributed by atoms with Crippen LogP contribution in [0.25, 0.3) is 0 Å². The molecule has 0 fully saturated rings. The topological polar surface area (TPSA) is 72.2 Å². The molecular weight excluding hydrogens is 420 g/mol. The number of aryl methyl sites for hydroxylation is 1. The van der Waals surface area contributed by atoms with E-state index in [-0.39, 0.29) is 38.2 Å². The van der Waals surface area contributed by atoms with Crippen molar-refractivity contribution in [3.63, 3.8) is 0 Å². The van der Waals surface area contributed by atoms with Gasteiger partial charge in [0.25, 0.3) is 5.91 Å². The maximum absolute atomic E-state index is 13.4. The Morgan fingerprint density at radius 2 is 1.85 bits per heavy atom. The molecule has 0 radical (unpaired) electrons. The van der Waals surface area contributed by atoms with E-state index >= 15 is 0 Å². The zero-order valence-electron chi connectivity index (χ0n) is 18.5. The number of carbonyl (C=O) groups is 2. The SMILES string of the molecule is C=CCN(CC(=O)N(Cc1ccc2c(c1)OCO2)Cc1ccco1)C(=O)c1cccc(C)c1. The van der Waals surface area contributed by atoms with E-state index in [2.05, 4.69) is 6.58 Å². The first-order valence-corrected chi connectivity index (χ1v) is 10.7. The fraction of sp³-hybridized carbons (Fsp3) is 0.231. The molecule has 4 rings (SSSR count). The second-order valence-corrected chi connectivity index (χ2v) is 7.86. The smallest absolute Gasteiger partial charge is 0.254 e. The maximum Gasteiger partial charge on any atom is 0.254 e.